The van der Waals surface area contributed by atoms with E-state index in [1.807, 2.05) is 0 Å². The van der Waals surface area contributed by atoms with Gasteiger partial charge in [0.25, 0.3) is 0 Å². The summed E-state index contributed by atoms with van der Waals surface area (Å²) >= 11 is 0. The number of halogens is 4. The van der Waals surface area contributed by atoms with E-state index in [-0.39, 0.29) is 47.3 Å². The molecule has 0 amide bonds. The van der Waals surface area contributed by atoms with Crippen molar-refractivity contribution in [3.05, 3.63) is 0 Å². The van der Waals surface area contributed by atoms with Crippen molar-refractivity contribution in [2.45, 2.75) is 49.7 Å². The molecule has 1 N–H and O–H groups in total. The number of carbonyl (C=O) groups is 2. The van der Waals surface area contributed by atoms with Crippen LogP contribution in [0.1, 0.15) is 38.5 Å². The molecule has 0 aliphatic heterocycles. The molecule has 0 unspecified atom stereocenters. The Morgan fingerprint density at radius 3 is 1.69 bits per heavy atom. The van der Waals surface area contributed by atoms with Crippen molar-refractivity contribution in [1.29, 1.82) is 0 Å². The third-order valence-corrected chi connectivity index (χ3v) is 6.51. The fraction of sp³-hybridized carbons (Fsp3) is 0.857. The first-order valence-electron chi connectivity index (χ1n) is 7.78. The normalized spacial score (nSPS) is 33.5. The maximum absolute atomic E-state index is 13.5. The molecular formula is C14H17F4NaO6S. The van der Waals surface area contributed by atoms with Crippen LogP contribution < -0.4 is 0 Å². The first kappa shape index (κ1) is 22.1. The van der Waals surface area contributed by atoms with Crippen molar-refractivity contribution in [2.24, 2.45) is 23.2 Å². The number of carbonyl (C=O) groups excluding carboxylic acids is 2. The van der Waals surface area contributed by atoms with Crippen molar-refractivity contribution in [3.63, 3.8) is 0 Å². The maximum atomic E-state index is 13.5. The number of esters is 2. The zero-order chi connectivity index (χ0) is 18.8. The Morgan fingerprint density at radius 1 is 0.962 bits per heavy atom. The molecule has 0 saturated heterocycles. The minimum absolute atomic E-state index is 0. The molecule has 4 saturated carbocycles. The molecular weight excluding hydrogens is 395 g/mol. The number of ether oxygens (including phenoxy) is 1. The van der Waals surface area contributed by atoms with Gasteiger partial charge in [-0.1, -0.05) is 0 Å². The van der Waals surface area contributed by atoms with Gasteiger partial charge in [0.1, 0.15) is 0 Å². The Bertz CT molecular complexity index is 688. The van der Waals surface area contributed by atoms with Crippen molar-refractivity contribution in [2.75, 3.05) is 0 Å². The third-order valence-electron chi connectivity index (χ3n) is 5.60. The molecule has 4 bridgehead atoms. The molecule has 0 atom stereocenters. The van der Waals surface area contributed by atoms with Gasteiger partial charge < -0.3 is 4.74 Å². The van der Waals surface area contributed by atoms with E-state index in [0.29, 0.717) is 19.3 Å². The second-order valence-electron chi connectivity index (χ2n) is 7.44. The molecule has 0 aromatic rings. The quantitative estimate of drug-likeness (QED) is 0.248. The van der Waals surface area contributed by atoms with Crippen LogP contribution in [-0.2, 0) is 24.4 Å². The van der Waals surface area contributed by atoms with Crippen LogP contribution in [0.3, 0.4) is 0 Å². The second kappa shape index (κ2) is 6.68. The van der Waals surface area contributed by atoms with Crippen molar-refractivity contribution >= 4 is 51.6 Å². The summed E-state index contributed by atoms with van der Waals surface area (Å²) < 4.78 is 86.5. The number of rotatable bonds is 4. The van der Waals surface area contributed by atoms with E-state index < -0.39 is 38.6 Å². The SMILES string of the molecule is O=C(OC(=O)C(F)(F)C(F)(F)S(=O)(=O)O)C12CC3CC(CC(C3)C1)C2.[NaH]. The Labute approximate surface area is 169 Å². The molecule has 0 spiro atoms. The van der Waals surface area contributed by atoms with Gasteiger partial charge in [0.2, 0.25) is 0 Å². The predicted molar refractivity (Wildman–Crippen MR) is 80.3 cm³/mol. The summed E-state index contributed by atoms with van der Waals surface area (Å²) in [7, 11) is -6.58. The first-order valence-corrected chi connectivity index (χ1v) is 9.22. The molecule has 4 fully saturated rings. The number of hydrogen-bond acceptors (Lipinski definition) is 5. The van der Waals surface area contributed by atoms with Gasteiger partial charge in [-0.15, -0.1) is 0 Å². The van der Waals surface area contributed by atoms with Crippen molar-refractivity contribution in [3.8, 4) is 0 Å². The summed E-state index contributed by atoms with van der Waals surface area (Å²) in [6.45, 7) is 0. The summed E-state index contributed by atoms with van der Waals surface area (Å²) in [5.41, 5.74) is -1.16. The molecule has 0 aromatic carbocycles. The predicted octanol–water partition coefficient (Wildman–Crippen LogP) is 1.74. The molecule has 6 nitrogen and oxygen atoms in total. The van der Waals surface area contributed by atoms with Gasteiger partial charge in [0, 0.05) is 0 Å². The van der Waals surface area contributed by atoms with Crippen LogP contribution in [0, 0.1) is 23.2 Å². The minimum atomic E-state index is -6.58. The van der Waals surface area contributed by atoms with E-state index in [4.69, 9.17) is 4.55 Å². The van der Waals surface area contributed by atoms with Crippen LogP contribution in [0.5, 0.6) is 0 Å². The standard InChI is InChI=1S/C14H16F4O6S.Na.H/c15-13(16,14(17,18)25(21,22)23)11(20)24-10(19)12-4-7-1-8(5-12)3-9(2-7)6-12;;/h7-9H,1-6H2,(H,21,22,23);;. The van der Waals surface area contributed by atoms with Gasteiger partial charge in [-0.05, 0) is 56.3 Å². The Morgan fingerprint density at radius 2 is 1.35 bits per heavy atom. The van der Waals surface area contributed by atoms with Crippen LogP contribution in [-0.4, -0.2) is 65.6 Å². The van der Waals surface area contributed by atoms with Crippen LogP contribution in [0.15, 0.2) is 0 Å². The van der Waals surface area contributed by atoms with Gasteiger partial charge in [-0.3, -0.25) is 9.35 Å². The molecule has 26 heavy (non-hydrogen) atoms. The van der Waals surface area contributed by atoms with Crippen LogP contribution >= 0.6 is 0 Å². The summed E-state index contributed by atoms with van der Waals surface area (Å²) in [6.07, 6.45) is 3.72. The third kappa shape index (κ3) is 3.34. The average Bonchev–Trinajstić information content (AvgIpc) is 2.44. The van der Waals surface area contributed by atoms with E-state index in [2.05, 4.69) is 4.74 Å². The van der Waals surface area contributed by atoms with Gasteiger partial charge in [0.15, 0.2) is 0 Å². The first-order chi connectivity index (χ1) is 11.3. The van der Waals surface area contributed by atoms with Crippen LogP contribution in [0.25, 0.3) is 0 Å². The Kier molecular flexibility index (Phi) is 5.67. The zero-order valence-corrected chi connectivity index (χ0v) is 13.7. The molecule has 4 rings (SSSR count). The van der Waals surface area contributed by atoms with Crippen LogP contribution in [0.2, 0.25) is 0 Å². The number of alkyl halides is 4. The molecule has 4 aliphatic carbocycles. The molecule has 0 aromatic heterocycles. The van der Waals surface area contributed by atoms with E-state index in [9.17, 15) is 35.6 Å². The summed E-state index contributed by atoms with van der Waals surface area (Å²) in [5, 5.41) is -6.10. The summed E-state index contributed by atoms with van der Waals surface area (Å²) in [5.74, 6) is -9.58. The van der Waals surface area contributed by atoms with Crippen LogP contribution in [0.4, 0.5) is 17.6 Å². The number of hydrogen-bond donors (Lipinski definition) is 1. The molecule has 0 radical (unpaired) electrons. The van der Waals surface area contributed by atoms with E-state index in [1.54, 1.807) is 0 Å². The molecule has 12 heteroatoms. The Balaban J connectivity index is 0.00000243. The average molecular weight is 412 g/mol. The van der Waals surface area contributed by atoms with E-state index in [1.165, 1.54) is 0 Å². The molecule has 0 heterocycles. The fourth-order valence-electron chi connectivity index (χ4n) is 4.90. The van der Waals surface area contributed by atoms with Gasteiger partial charge >= 0.3 is 62.8 Å². The van der Waals surface area contributed by atoms with Gasteiger partial charge in [-0.25, -0.2) is 4.79 Å². The van der Waals surface area contributed by atoms with Crippen molar-refractivity contribution < 1.29 is 44.9 Å². The zero-order valence-electron chi connectivity index (χ0n) is 12.9. The topological polar surface area (TPSA) is 97.7 Å². The molecule has 4 aliphatic rings. The summed E-state index contributed by atoms with van der Waals surface area (Å²) in [6, 6.07) is 0. The second-order valence-corrected chi connectivity index (χ2v) is 8.90. The summed E-state index contributed by atoms with van der Waals surface area (Å²) in [4.78, 5) is 23.7. The monoisotopic (exact) mass is 412 g/mol. The van der Waals surface area contributed by atoms with E-state index >= 15 is 0 Å². The van der Waals surface area contributed by atoms with Crippen molar-refractivity contribution in [1.82, 2.24) is 0 Å². The van der Waals surface area contributed by atoms with Gasteiger partial charge in [-0.2, -0.15) is 26.0 Å². The fourth-order valence-corrected chi connectivity index (χ4v) is 5.31. The van der Waals surface area contributed by atoms with E-state index in [0.717, 1.165) is 19.3 Å². The molecule has 144 valence electrons. The van der Waals surface area contributed by atoms with Gasteiger partial charge in [0.05, 0.1) is 5.41 Å². The Hall–Kier alpha value is -0.230.